The molecule has 1 atom stereocenters. The lowest BCUT2D eigenvalue weighted by molar-refractivity contribution is -0.137. The summed E-state index contributed by atoms with van der Waals surface area (Å²) in [6.07, 6.45) is -2.65. The Morgan fingerprint density at radius 1 is 1.30 bits per heavy atom. The van der Waals surface area contributed by atoms with Gasteiger partial charge >= 0.3 is 6.18 Å². The zero-order chi connectivity index (χ0) is 21.3. The molecule has 1 heterocycles. The van der Waals surface area contributed by atoms with Gasteiger partial charge in [0.05, 0.1) is 12.1 Å². The number of hydrogen-bond donors (Lipinski definition) is 2. The number of ether oxygens (including phenoxy) is 1. The summed E-state index contributed by atoms with van der Waals surface area (Å²) in [6.45, 7) is 4.72. The first-order valence-corrected chi connectivity index (χ1v) is 9.39. The fraction of sp³-hybridized carbons (Fsp3) is 0.526. The molecule has 30 heavy (non-hydrogen) atoms. The summed E-state index contributed by atoms with van der Waals surface area (Å²) in [5, 5.41) is 10.0. The van der Waals surface area contributed by atoms with Gasteiger partial charge in [0.2, 0.25) is 5.89 Å². The Kier molecular flexibility index (Phi) is 10.9. The molecule has 168 valence electrons. The molecule has 2 N–H and O–H groups in total. The van der Waals surface area contributed by atoms with Gasteiger partial charge in [0.1, 0.15) is 11.9 Å². The van der Waals surface area contributed by atoms with Crippen LogP contribution in [0.3, 0.4) is 0 Å². The molecule has 1 aromatic heterocycles. The standard InChI is InChI=1S/C19H26F3N5O2.HI/c1-4-15(28-16-8-5-7-14(11-16)19(20,21)22)12-25-18(23-3)24-10-6-9-17-26-13(2)27-29-17;/h5,7-8,11,15H,4,6,9-10,12H2,1-3H3,(H2,23,24,25);1H. The Morgan fingerprint density at radius 3 is 2.67 bits per heavy atom. The van der Waals surface area contributed by atoms with Crippen LogP contribution in [0.2, 0.25) is 0 Å². The van der Waals surface area contributed by atoms with E-state index >= 15 is 0 Å². The third-order valence-electron chi connectivity index (χ3n) is 4.07. The van der Waals surface area contributed by atoms with Crippen LogP contribution in [-0.4, -0.2) is 42.3 Å². The molecule has 1 unspecified atom stereocenters. The second-order valence-electron chi connectivity index (χ2n) is 6.39. The quantitative estimate of drug-likeness (QED) is 0.217. The molecule has 0 aliphatic carbocycles. The highest BCUT2D eigenvalue weighted by atomic mass is 127. The molecule has 0 aliphatic heterocycles. The van der Waals surface area contributed by atoms with E-state index in [4.69, 9.17) is 9.26 Å². The van der Waals surface area contributed by atoms with Crippen LogP contribution in [0.25, 0.3) is 0 Å². The Labute approximate surface area is 190 Å². The van der Waals surface area contributed by atoms with Crippen LogP contribution in [0.4, 0.5) is 13.2 Å². The van der Waals surface area contributed by atoms with E-state index in [1.54, 1.807) is 14.0 Å². The number of halogens is 4. The normalized spacial score (nSPS) is 12.8. The van der Waals surface area contributed by atoms with Crippen molar-refractivity contribution in [3.8, 4) is 5.75 Å². The Hall–Kier alpha value is -2.05. The fourth-order valence-electron chi connectivity index (χ4n) is 2.53. The van der Waals surface area contributed by atoms with Crippen molar-refractivity contribution in [3.63, 3.8) is 0 Å². The van der Waals surface area contributed by atoms with Crippen LogP contribution in [0, 0.1) is 6.92 Å². The number of hydrogen-bond acceptors (Lipinski definition) is 5. The number of nitrogens with one attached hydrogen (secondary N) is 2. The molecule has 0 saturated carbocycles. The van der Waals surface area contributed by atoms with Gasteiger partial charge in [-0.25, -0.2) is 0 Å². The molecular formula is C19H27F3IN5O2. The minimum atomic E-state index is -4.40. The molecule has 0 spiro atoms. The topological polar surface area (TPSA) is 84.6 Å². The molecule has 7 nitrogen and oxygen atoms in total. The van der Waals surface area contributed by atoms with Crippen LogP contribution in [0.15, 0.2) is 33.8 Å². The van der Waals surface area contributed by atoms with Crippen LogP contribution < -0.4 is 15.4 Å². The number of aliphatic imine (C=N–C) groups is 1. The lowest BCUT2D eigenvalue weighted by Gasteiger charge is -2.20. The van der Waals surface area contributed by atoms with Crippen molar-refractivity contribution < 1.29 is 22.4 Å². The highest BCUT2D eigenvalue weighted by Crippen LogP contribution is 2.31. The molecule has 0 bridgehead atoms. The number of alkyl halides is 3. The molecule has 0 saturated heterocycles. The minimum absolute atomic E-state index is 0. The van der Waals surface area contributed by atoms with E-state index < -0.39 is 11.7 Å². The van der Waals surface area contributed by atoms with Gasteiger partial charge in [-0.2, -0.15) is 18.2 Å². The van der Waals surface area contributed by atoms with E-state index in [0.29, 0.717) is 43.6 Å². The van der Waals surface area contributed by atoms with Crippen molar-refractivity contribution in [1.82, 2.24) is 20.8 Å². The molecule has 2 aromatic rings. The van der Waals surface area contributed by atoms with Crippen LogP contribution in [-0.2, 0) is 12.6 Å². The molecular weight excluding hydrogens is 514 g/mol. The number of guanidine groups is 1. The second kappa shape index (κ2) is 12.6. The number of benzene rings is 1. The minimum Gasteiger partial charge on any atom is -0.489 e. The van der Waals surface area contributed by atoms with E-state index in [9.17, 15) is 13.2 Å². The van der Waals surface area contributed by atoms with Crippen molar-refractivity contribution in [2.75, 3.05) is 20.1 Å². The van der Waals surface area contributed by atoms with Crippen LogP contribution in [0.5, 0.6) is 5.75 Å². The predicted octanol–water partition coefficient (Wildman–Crippen LogP) is 3.97. The van der Waals surface area contributed by atoms with E-state index in [-0.39, 0.29) is 35.8 Å². The van der Waals surface area contributed by atoms with Crippen LogP contribution >= 0.6 is 24.0 Å². The van der Waals surface area contributed by atoms with Gasteiger partial charge in [0.15, 0.2) is 11.8 Å². The summed E-state index contributed by atoms with van der Waals surface area (Å²) in [5.41, 5.74) is -0.730. The Bertz CT molecular complexity index is 798. The summed E-state index contributed by atoms with van der Waals surface area (Å²) < 4.78 is 49.3. The highest BCUT2D eigenvalue weighted by Gasteiger charge is 2.30. The maximum absolute atomic E-state index is 12.8. The van der Waals surface area contributed by atoms with Gasteiger partial charge in [0, 0.05) is 20.0 Å². The maximum Gasteiger partial charge on any atom is 0.416 e. The lowest BCUT2D eigenvalue weighted by atomic mass is 10.2. The summed E-state index contributed by atoms with van der Waals surface area (Å²) in [4.78, 5) is 8.28. The first-order valence-electron chi connectivity index (χ1n) is 9.39. The first-order chi connectivity index (χ1) is 13.8. The van der Waals surface area contributed by atoms with Gasteiger partial charge in [-0.15, -0.1) is 24.0 Å². The van der Waals surface area contributed by atoms with Crippen LogP contribution in [0.1, 0.15) is 37.0 Å². The van der Waals surface area contributed by atoms with E-state index in [1.807, 2.05) is 6.92 Å². The molecule has 0 fully saturated rings. The van der Waals surface area contributed by atoms with Gasteiger partial charge in [0.25, 0.3) is 0 Å². The summed E-state index contributed by atoms with van der Waals surface area (Å²) >= 11 is 0. The number of nitrogens with zero attached hydrogens (tertiary/aromatic N) is 3. The fourth-order valence-corrected chi connectivity index (χ4v) is 2.53. The molecule has 11 heteroatoms. The molecule has 0 aliphatic rings. The zero-order valence-electron chi connectivity index (χ0n) is 17.1. The summed E-state index contributed by atoms with van der Waals surface area (Å²) in [5.74, 6) is 1.97. The van der Waals surface area contributed by atoms with Crippen molar-refractivity contribution in [3.05, 3.63) is 41.5 Å². The Morgan fingerprint density at radius 2 is 2.07 bits per heavy atom. The van der Waals surface area contributed by atoms with E-state index in [2.05, 4.69) is 25.8 Å². The largest absolute Gasteiger partial charge is 0.489 e. The summed E-state index contributed by atoms with van der Waals surface area (Å²) in [7, 11) is 1.64. The lowest BCUT2D eigenvalue weighted by Crippen LogP contribution is -2.42. The molecule has 1 aromatic carbocycles. The molecule has 0 amide bonds. The van der Waals surface area contributed by atoms with Crippen molar-refractivity contribution in [1.29, 1.82) is 0 Å². The third kappa shape index (κ3) is 8.76. The second-order valence-corrected chi connectivity index (χ2v) is 6.39. The molecule has 0 radical (unpaired) electrons. The van der Waals surface area contributed by atoms with Gasteiger partial charge in [-0.05, 0) is 38.0 Å². The zero-order valence-corrected chi connectivity index (χ0v) is 19.5. The van der Waals surface area contributed by atoms with E-state index in [0.717, 1.165) is 18.6 Å². The first kappa shape index (κ1) is 26.0. The smallest absolute Gasteiger partial charge is 0.416 e. The van der Waals surface area contributed by atoms with Crippen molar-refractivity contribution >= 4 is 29.9 Å². The number of aromatic nitrogens is 2. The summed E-state index contributed by atoms with van der Waals surface area (Å²) in [6, 6.07) is 4.89. The van der Waals surface area contributed by atoms with Crippen molar-refractivity contribution in [2.24, 2.45) is 4.99 Å². The predicted molar refractivity (Wildman–Crippen MR) is 118 cm³/mol. The Balaban J connectivity index is 0.00000450. The van der Waals surface area contributed by atoms with Crippen molar-refractivity contribution in [2.45, 2.75) is 45.4 Å². The monoisotopic (exact) mass is 541 g/mol. The average Bonchev–Trinajstić information content (AvgIpc) is 3.11. The van der Waals surface area contributed by atoms with Gasteiger partial charge in [-0.3, -0.25) is 4.99 Å². The number of rotatable bonds is 9. The van der Waals surface area contributed by atoms with E-state index in [1.165, 1.54) is 12.1 Å². The highest BCUT2D eigenvalue weighted by molar-refractivity contribution is 14.0. The number of aryl methyl sites for hydroxylation is 2. The maximum atomic E-state index is 12.8. The molecule has 2 rings (SSSR count). The van der Waals surface area contributed by atoms with Gasteiger partial charge in [-0.1, -0.05) is 18.1 Å². The van der Waals surface area contributed by atoms with Gasteiger partial charge < -0.3 is 19.9 Å². The SMILES string of the molecule is CCC(CNC(=NC)NCCCc1nc(C)no1)Oc1cccc(C(F)(F)F)c1.I. The average molecular weight is 541 g/mol. The third-order valence-corrected chi connectivity index (χ3v) is 4.07.